The molecule has 1 aliphatic heterocycles. The van der Waals surface area contributed by atoms with Crippen molar-refractivity contribution in [3.05, 3.63) is 30.1 Å². The number of likely N-dealkylation sites (tertiary alicyclic amines) is 1. The molecule has 0 radical (unpaired) electrons. The molecule has 2 rings (SSSR count). The average Bonchev–Trinajstić information content (AvgIpc) is 2.79. The third-order valence-corrected chi connectivity index (χ3v) is 3.50. The lowest BCUT2D eigenvalue weighted by atomic mass is 10.1. The van der Waals surface area contributed by atoms with Crippen LogP contribution in [0.5, 0.6) is 5.75 Å². The van der Waals surface area contributed by atoms with Crippen LogP contribution < -0.4 is 10.5 Å². The van der Waals surface area contributed by atoms with E-state index >= 15 is 0 Å². The Morgan fingerprint density at radius 3 is 2.80 bits per heavy atom. The number of hydrogen-bond acceptors (Lipinski definition) is 3. The zero-order valence-corrected chi connectivity index (χ0v) is 12.2. The van der Waals surface area contributed by atoms with E-state index in [9.17, 15) is 9.18 Å². The second kappa shape index (κ2) is 7.45. The molecule has 0 saturated carbocycles. The molecule has 1 aromatic carbocycles. The maximum Gasteiger partial charge on any atom is 0.260 e. The number of halogens is 2. The van der Waals surface area contributed by atoms with E-state index in [2.05, 4.69) is 0 Å². The molecule has 1 heterocycles. The van der Waals surface area contributed by atoms with E-state index in [0.29, 0.717) is 19.0 Å². The maximum absolute atomic E-state index is 13.3. The Balaban J connectivity index is 0.00000200. The molecule has 4 nitrogen and oxygen atoms in total. The summed E-state index contributed by atoms with van der Waals surface area (Å²) >= 11 is 0. The van der Waals surface area contributed by atoms with Crippen molar-refractivity contribution in [1.82, 2.24) is 4.90 Å². The molecule has 1 aromatic rings. The minimum Gasteiger partial charge on any atom is -0.481 e. The van der Waals surface area contributed by atoms with Crippen LogP contribution in [0, 0.1) is 11.7 Å². The van der Waals surface area contributed by atoms with Crippen LogP contribution in [-0.4, -0.2) is 36.5 Å². The summed E-state index contributed by atoms with van der Waals surface area (Å²) in [6.07, 6.45) is 0.919. The van der Waals surface area contributed by atoms with Gasteiger partial charge in [0.05, 0.1) is 0 Å². The van der Waals surface area contributed by atoms with E-state index in [0.717, 1.165) is 6.42 Å². The van der Waals surface area contributed by atoms with Crippen LogP contribution in [0.2, 0.25) is 0 Å². The lowest BCUT2D eigenvalue weighted by Gasteiger charge is -2.21. The van der Waals surface area contributed by atoms with Gasteiger partial charge in [-0.15, -0.1) is 12.4 Å². The highest BCUT2D eigenvalue weighted by Crippen LogP contribution is 2.22. The van der Waals surface area contributed by atoms with Crippen molar-refractivity contribution in [2.45, 2.75) is 19.4 Å². The largest absolute Gasteiger partial charge is 0.481 e. The lowest BCUT2D eigenvalue weighted by molar-refractivity contribution is -0.134. The van der Waals surface area contributed by atoms with Crippen molar-refractivity contribution in [3.8, 4) is 5.75 Å². The van der Waals surface area contributed by atoms with Crippen molar-refractivity contribution in [2.75, 3.05) is 19.7 Å². The van der Waals surface area contributed by atoms with Crippen LogP contribution in [-0.2, 0) is 4.79 Å². The highest BCUT2D eigenvalue weighted by molar-refractivity contribution is 5.85. The highest BCUT2D eigenvalue weighted by atomic mass is 35.5. The maximum atomic E-state index is 13.3. The van der Waals surface area contributed by atoms with Gasteiger partial charge in [0.15, 0.2) is 18.2 Å². The van der Waals surface area contributed by atoms with E-state index in [1.165, 1.54) is 12.1 Å². The number of para-hydroxylation sites is 1. The fourth-order valence-electron chi connectivity index (χ4n) is 2.44. The predicted molar refractivity (Wildman–Crippen MR) is 77.5 cm³/mol. The summed E-state index contributed by atoms with van der Waals surface area (Å²) in [6, 6.07) is 6.25. The summed E-state index contributed by atoms with van der Waals surface area (Å²) in [5.74, 6) is -0.109. The number of carbonyl (C=O) groups is 1. The van der Waals surface area contributed by atoms with Crippen LogP contribution >= 0.6 is 12.4 Å². The van der Waals surface area contributed by atoms with Gasteiger partial charge in [0, 0.05) is 12.6 Å². The zero-order chi connectivity index (χ0) is 13.8. The Hall–Kier alpha value is -1.33. The van der Waals surface area contributed by atoms with Crippen LogP contribution in [0.25, 0.3) is 0 Å². The monoisotopic (exact) mass is 302 g/mol. The van der Waals surface area contributed by atoms with Gasteiger partial charge in [-0.25, -0.2) is 4.39 Å². The number of carbonyl (C=O) groups excluding carboxylic acids is 1. The van der Waals surface area contributed by atoms with Crippen LogP contribution in [0.1, 0.15) is 13.3 Å². The second-order valence-electron chi connectivity index (χ2n) is 4.95. The zero-order valence-electron chi connectivity index (χ0n) is 11.4. The summed E-state index contributed by atoms with van der Waals surface area (Å²) in [5, 5.41) is 0. The minimum absolute atomic E-state index is 0. The van der Waals surface area contributed by atoms with Gasteiger partial charge in [0.25, 0.3) is 5.91 Å². The van der Waals surface area contributed by atoms with Crippen LogP contribution in [0.3, 0.4) is 0 Å². The molecule has 112 valence electrons. The Kier molecular flexibility index (Phi) is 6.23. The Morgan fingerprint density at radius 1 is 1.50 bits per heavy atom. The molecule has 2 unspecified atom stereocenters. The molecule has 2 N–H and O–H groups in total. The number of rotatable bonds is 4. The van der Waals surface area contributed by atoms with Crippen molar-refractivity contribution in [3.63, 3.8) is 0 Å². The number of benzene rings is 1. The molecule has 1 fully saturated rings. The van der Waals surface area contributed by atoms with Gasteiger partial charge in [-0.3, -0.25) is 4.79 Å². The molecule has 1 saturated heterocycles. The molecule has 1 amide bonds. The Labute approximate surface area is 124 Å². The van der Waals surface area contributed by atoms with Crippen molar-refractivity contribution >= 4 is 18.3 Å². The molecule has 1 aliphatic rings. The summed E-state index contributed by atoms with van der Waals surface area (Å²) in [7, 11) is 0. The smallest absolute Gasteiger partial charge is 0.260 e. The molecule has 6 heteroatoms. The first kappa shape index (κ1) is 16.7. The lowest BCUT2D eigenvalue weighted by Crippen LogP contribution is -2.37. The first-order chi connectivity index (χ1) is 9.11. The molecule has 20 heavy (non-hydrogen) atoms. The van der Waals surface area contributed by atoms with Gasteiger partial charge < -0.3 is 15.4 Å². The van der Waals surface area contributed by atoms with E-state index < -0.39 is 5.82 Å². The summed E-state index contributed by atoms with van der Waals surface area (Å²) in [6.45, 7) is 3.11. The van der Waals surface area contributed by atoms with Crippen molar-refractivity contribution in [2.24, 2.45) is 11.7 Å². The number of nitrogens with two attached hydrogens (primary N) is 1. The van der Waals surface area contributed by atoms with E-state index in [1.54, 1.807) is 17.0 Å². The SMILES string of the molecule is CC1CC(CN)CN1C(=O)COc1ccccc1F.Cl. The third-order valence-electron chi connectivity index (χ3n) is 3.50. The predicted octanol–water partition coefficient (Wildman–Crippen LogP) is 1.82. The first-order valence-corrected chi connectivity index (χ1v) is 6.48. The van der Waals surface area contributed by atoms with Crippen LogP contribution in [0.15, 0.2) is 24.3 Å². The highest BCUT2D eigenvalue weighted by Gasteiger charge is 2.31. The standard InChI is InChI=1S/C14H19FN2O2.ClH/c1-10-6-11(7-16)8-17(10)14(18)9-19-13-5-3-2-4-12(13)15;/h2-5,10-11H,6-9,16H2,1H3;1H. The molecular formula is C14H20ClFN2O2. The average molecular weight is 303 g/mol. The molecular weight excluding hydrogens is 283 g/mol. The fourth-order valence-corrected chi connectivity index (χ4v) is 2.44. The van der Waals surface area contributed by atoms with E-state index in [4.69, 9.17) is 10.5 Å². The van der Waals surface area contributed by atoms with Gasteiger partial charge in [-0.2, -0.15) is 0 Å². The molecule has 0 spiro atoms. The fraction of sp³-hybridized carbons (Fsp3) is 0.500. The Bertz CT molecular complexity index is 459. The number of hydrogen-bond donors (Lipinski definition) is 1. The van der Waals surface area contributed by atoms with Crippen molar-refractivity contribution in [1.29, 1.82) is 0 Å². The third kappa shape index (κ3) is 3.84. The van der Waals surface area contributed by atoms with E-state index in [1.807, 2.05) is 6.92 Å². The number of ether oxygens (including phenoxy) is 1. The summed E-state index contributed by atoms with van der Waals surface area (Å²) < 4.78 is 18.6. The minimum atomic E-state index is -0.454. The van der Waals surface area contributed by atoms with Crippen molar-refractivity contribution < 1.29 is 13.9 Å². The number of nitrogens with zero attached hydrogens (tertiary/aromatic N) is 1. The summed E-state index contributed by atoms with van der Waals surface area (Å²) in [5.41, 5.74) is 5.62. The molecule has 2 atom stereocenters. The molecule has 0 bridgehead atoms. The van der Waals surface area contributed by atoms with Gasteiger partial charge >= 0.3 is 0 Å². The van der Waals surface area contributed by atoms with Gasteiger partial charge in [0.1, 0.15) is 0 Å². The summed E-state index contributed by atoms with van der Waals surface area (Å²) in [4.78, 5) is 13.8. The normalized spacial score (nSPS) is 21.4. The second-order valence-corrected chi connectivity index (χ2v) is 4.95. The van der Waals surface area contributed by atoms with E-state index in [-0.39, 0.29) is 36.7 Å². The topological polar surface area (TPSA) is 55.6 Å². The number of amides is 1. The van der Waals surface area contributed by atoms with Crippen LogP contribution in [0.4, 0.5) is 4.39 Å². The van der Waals surface area contributed by atoms with Gasteiger partial charge in [0.2, 0.25) is 0 Å². The van der Waals surface area contributed by atoms with Gasteiger partial charge in [-0.1, -0.05) is 12.1 Å². The quantitative estimate of drug-likeness (QED) is 0.923. The van der Waals surface area contributed by atoms with Gasteiger partial charge in [-0.05, 0) is 37.9 Å². The first-order valence-electron chi connectivity index (χ1n) is 6.48. The Morgan fingerprint density at radius 2 is 2.20 bits per heavy atom. The molecule has 0 aliphatic carbocycles. The molecule has 0 aromatic heterocycles.